The minimum absolute atomic E-state index is 0.0596. The molecule has 2 saturated heterocycles. The summed E-state index contributed by atoms with van der Waals surface area (Å²) in [6, 6.07) is 18.1. The molecule has 0 spiro atoms. The molecule has 2 atom stereocenters. The predicted octanol–water partition coefficient (Wildman–Crippen LogP) is 2.62. The van der Waals surface area contributed by atoms with Gasteiger partial charge in [0.2, 0.25) is 15.9 Å². The van der Waals surface area contributed by atoms with Crippen molar-refractivity contribution in [1.82, 2.24) is 14.5 Å². The lowest BCUT2D eigenvalue weighted by molar-refractivity contribution is -0.126. The van der Waals surface area contributed by atoms with Crippen molar-refractivity contribution >= 4 is 15.9 Å². The van der Waals surface area contributed by atoms with Gasteiger partial charge in [0.15, 0.2) is 0 Å². The lowest BCUT2D eigenvalue weighted by atomic mass is 10.0. The highest BCUT2D eigenvalue weighted by atomic mass is 32.2. The number of sulfonamides is 1. The molecule has 2 aromatic carbocycles. The molecule has 160 valence electrons. The number of nitrogens with zero attached hydrogens (tertiary/aromatic N) is 2. The second-order valence-electron chi connectivity index (χ2n) is 8.16. The minimum Gasteiger partial charge on any atom is -0.351 e. The van der Waals surface area contributed by atoms with Crippen LogP contribution in [0.25, 0.3) is 0 Å². The Bertz CT molecular complexity index is 950. The van der Waals surface area contributed by atoms with E-state index in [-0.39, 0.29) is 16.8 Å². The molecule has 0 aromatic heterocycles. The fourth-order valence-corrected chi connectivity index (χ4v) is 6.09. The Balaban J connectivity index is 1.39. The Morgan fingerprint density at radius 3 is 2.37 bits per heavy atom. The Morgan fingerprint density at radius 2 is 1.63 bits per heavy atom. The molecule has 6 nitrogen and oxygen atoms in total. The second kappa shape index (κ2) is 9.29. The summed E-state index contributed by atoms with van der Waals surface area (Å²) in [6.45, 7) is 2.97. The van der Waals surface area contributed by atoms with Crippen LogP contribution in [0.2, 0.25) is 0 Å². The standard InChI is InChI=1S/C23H29N3O3S/c27-23(24-20-14-16-25(18-20)17-19-9-3-1-4-10-19)22-13-7-8-15-26(22)30(28,29)21-11-5-2-6-12-21/h1-6,9-12,20,22H,7-8,13-18H2,(H,24,27). The highest BCUT2D eigenvalue weighted by Gasteiger charge is 2.38. The monoisotopic (exact) mass is 427 g/mol. The fraction of sp³-hybridized carbons (Fsp3) is 0.435. The van der Waals surface area contributed by atoms with Gasteiger partial charge in [0.1, 0.15) is 6.04 Å². The molecule has 2 aromatic rings. The van der Waals surface area contributed by atoms with Gasteiger partial charge in [0, 0.05) is 32.2 Å². The molecule has 7 heteroatoms. The third kappa shape index (κ3) is 4.74. The molecule has 0 saturated carbocycles. The SMILES string of the molecule is O=C(NC1CCN(Cc2ccccc2)C1)C1CCCCN1S(=O)(=O)c1ccccc1. The van der Waals surface area contributed by atoms with Gasteiger partial charge in [-0.3, -0.25) is 9.69 Å². The number of carbonyl (C=O) groups excluding carboxylic acids is 1. The van der Waals surface area contributed by atoms with Crippen molar-refractivity contribution in [2.75, 3.05) is 19.6 Å². The first kappa shape index (κ1) is 21.0. The van der Waals surface area contributed by atoms with Crippen LogP contribution in [0.5, 0.6) is 0 Å². The van der Waals surface area contributed by atoms with Crippen LogP contribution < -0.4 is 5.32 Å². The van der Waals surface area contributed by atoms with Crippen LogP contribution in [0.3, 0.4) is 0 Å². The van der Waals surface area contributed by atoms with Crippen LogP contribution in [0.4, 0.5) is 0 Å². The molecule has 4 rings (SSSR count). The molecule has 0 bridgehead atoms. The highest BCUT2D eigenvalue weighted by molar-refractivity contribution is 7.89. The Hall–Kier alpha value is -2.22. The molecular formula is C23H29N3O3S. The fourth-order valence-electron chi connectivity index (χ4n) is 4.42. The number of likely N-dealkylation sites (tertiary alicyclic amines) is 1. The smallest absolute Gasteiger partial charge is 0.243 e. The molecule has 0 aliphatic carbocycles. The second-order valence-corrected chi connectivity index (χ2v) is 10.0. The predicted molar refractivity (Wildman–Crippen MR) is 116 cm³/mol. The Morgan fingerprint density at radius 1 is 0.933 bits per heavy atom. The maximum atomic E-state index is 13.1. The lowest BCUT2D eigenvalue weighted by Gasteiger charge is -2.34. The lowest BCUT2D eigenvalue weighted by Crippen LogP contribution is -2.53. The normalized spacial score (nSPS) is 23.3. The van der Waals surface area contributed by atoms with Crippen molar-refractivity contribution in [2.24, 2.45) is 0 Å². The molecule has 2 unspecified atom stereocenters. The van der Waals surface area contributed by atoms with Crippen molar-refractivity contribution < 1.29 is 13.2 Å². The quantitative estimate of drug-likeness (QED) is 0.769. The summed E-state index contributed by atoms with van der Waals surface area (Å²) >= 11 is 0. The molecule has 2 aliphatic rings. The molecule has 2 heterocycles. The molecule has 1 N–H and O–H groups in total. The summed E-state index contributed by atoms with van der Waals surface area (Å²) < 4.78 is 27.7. The van der Waals surface area contributed by atoms with E-state index in [1.165, 1.54) is 9.87 Å². The molecule has 30 heavy (non-hydrogen) atoms. The number of amides is 1. The van der Waals surface area contributed by atoms with Crippen molar-refractivity contribution in [3.63, 3.8) is 0 Å². The van der Waals surface area contributed by atoms with Crippen LogP contribution in [0.15, 0.2) is 65.6 Å². The summed E-state index contributed by atoms with van der Waals surface area (Å²) in [5.74, 6) is -0.166. The van der Waals surface area contributed by atoms with E-state index in [1.807, 2.05) is 18.2 Å². The van der Waals surface area contributed by atoms with Crippen LogP contribution >= 0.6 is 0 Å². The number of hydrogen-bond donors (Lipinski definition) is 1. The first-order chi connectivity index (χ1) is 14.5. The van der Waals surface area contributed by atoms with E-state index in [9.17, 15) is 13.2 Å². The first-order valence-corrected chi connectivity index (χ1v) is 12.1. The van der Waals surface area contributed by atoms with E-state index < -0.39 is 16.1 Å². The van der Waals surface area contributed by atoms with Crippen LogP contribution in [-0.4, -0.2) is 55.2 Å². The van der Waals surface area contributed by atoms with Gasteiger partial charge in [0.25, 0.3) is 0 Å². The number of hydrogen-bond acceptors (Lipinski definition) is 4. The summed E-state index contributed by atoms with van der Waals surface area (Å²) in [5, 5.41) is 3.13. The molecule has 2 fully saturated rings. The third-order valence-corrected chi connectivity index (χ3v) is 7.90. The van der Waals surface area contributed by atoms with E-state index in [2.05, 4.69) is 22.3 Å². The average Bonchev–Trinajstić information content (AvgIpc) is 3.21. The van der Waals surface area contributed by atoms with Gasteiger partial charge >= 0.3 is 0 Å². The van der Waals surface area contributed by atoms with Gasteiger partial charge in [-0.25, -0.2) is 8.42 Å². The topological polar surface area (TPSA) is 69.7 Å². The number of nitrogens with one attached hydrogen (secondary N) is 1. The summed E-state index contributed by atoms with van der Waals surface area (Å²) in [6.07, 6.45) is 3.10. The maximum Gasteiger partial charge on any atom is 0.243 e. The molecule has 0 radical (unpaired) electrons. The first-order valence-electron chi connectivity index (χ1n) is 10.7. The van der Waals surface area contributed by atoms with Crippen LogP contribution in [-0.2, 0) is 21.4 Å². The van der Waals surface area contributed by atoms with E-state index in [4.69, 9.17) is 0 Å². The van der Waals surface area contributed by atoms with Crippen molar-refractivity contribution in [2.45, 2.75) is 49.2 Å². The van der Waals surface area contributed by atoms with E-state index in [1.54, 1.807) is 30.3 Å². The van der Waals surface area contributed by atoms with Gasteiger partial charge in [-0.1, -0.05) is 55.0 Å². The van der Waals surface area contributed by atoms with Crippen molar-refractivity contribution in [1.29, 1.82) is 0 Å². The maximum absolute atomic E-state index is 13.1. The zero-order chi connectivity index (χ0) is 21.0. The largest absolute Gasteiger partial charge is 0.351 e. The van der Waals surface area contributed by atoms with Gasteiger partial charge in [-0.2, -0.15) is 4.31 Å². The molecule has 1 amide bonds. The number of rotatable bonds is 6. The Labute approximate surface area is 178 Å². The van der Waals surface area contributed by atoms with Gasteiger partial charge < -0.3 is 5.32 Å². The highest BCUT2D eigenvalue weighted by Crippen LogP contribution is 2.26. The van der Waals surface area contributed by atoms with E-state index >= 15 is 0 Å². The van der Waals surface area contributed by atoms with Crippen molar-refractivity contribution in [3.05, 3.63) is 66.2 Å². The average molecular weight is 428 g/mol. The van der Waals surface area contributed by atoms with E-state index in [0.29, 0.717) is 13.0 Å². The van der Waals surface area contributed by atoms with Gasteiger partial charge in [-0.15, -0.1) is 0 Å². The van der Waals surface area contributed by atoms with Crippen LogP contribution in [0, 0.1) is 0 Å². The van der Waals surface area contributed by atoms with Gasteiger partial charge in [0.05, 0.1) is 4.90 Å². The van der Waals surface area contributed by atoms with Crippen LogP contribution in [0.1, 0.15) is 31.2 Å². The number of benzene rings is 2. The summed E-state index contributed by atoms with van der Waals surface area (Å²) in [7, 11) is -3.68. The third-order valence-electron chi connectivity index (χ3n) is 5.97. The molecule has 2 aliphatic heterocycles. The zero-order valence-electron chi connectivity index (χ0n) is 17.1. The summed E-state index contributed by atoms with van der Waals surface area (Å²) in [4.78, 5) is 15.7. The van der Waals surface area contributed by atoms with Gasteiger partial charge in [-0.05, 0) is 37.0 Å². The number of piperidine rings is 1. The van der Waals surface area contributed by atoms with Crippen molar-refractivity contribution in [3.8, 4) is 0 Å². The molecular weight excluding hydrogens is 398 g/mol. The van der Waals surface area contributed by atoms with E-state index in [0.717, 1.165) is 38.9 Å². The summed E-state index contributed by atoms with van der Waals surface area (Å²) in [5.41, 5.74) is 1.26. The number of carbonyl (C=O) groups is 1. The Kier molecular flexibility index (Phi) is 6.51. The minimum atomic E-state index is -3.68. The zero-order valence-corrected chi connectivity index (χ0v) is 17.9.